The molecule has 3 aromatic carbocycles. The van der Waals surface area contributed by atoms with Crippen molar-refractivity contribution in [2.45, 2.75) is 18.4 Å². The zero-order chi connectivity index (χ0) is 25.7. The standard InChI is InChI=1S/C26H32N2O5P2S/c1-30-35(29,31-2)26(19-8-10-22(11-9-19)32-24-13-14-28(17-24)34-3)33-23-12-7-18-5-6-20(25(27)36-4)15-21(18)16-23/h5-12,15-16,24,26-27,34H,13-14,17H2,1-4H3. The normalized spacial score (nSPS) is 17.6. The molecule has 1 saturated heterocycles. The summed E-state index contributed by atoms with van der Waals surface area (Å²) in [5.74, 6) is 0.333. The van der Waals surface area contributed by atoms with E-state index in [1.54, 1.807) is 0 Å². The molecule has 10 heteroatoms. The van der Waals surface area contributed by atoms with Gasteiger partial charge in [0, 0.05) is 38.4 Å². The lowest BCUT2D eigenvalue weighted by Crippen LogP contribution is -2.19. The summed E-state index contributed by atoms with van der Waals surface area (Å²) in [4.78, 5) is 0. The minimum Gasteiger partial charge on any atom is -0.489 e. The first-order valence-electron chi connectivity index (χ1n) is 11.6. The van der Waals surface area contributed by atoms with Crippen LogP contribution in [0.3, 0.4) is 0 Å². The van der Waals surface area contributed by atoms with E-state index in [1.807, 2.05) is 66.9 Å². The summed E-state index contributed by atoms with van der Waals surface area (Å²) in [5, 5.41) is 10.6. The first kappa shape index (κ1) is 27.1. The van der Waals surface area contributed by atoms with E-state index in [9.17, 15) is 4.57 Å². The molecular formula is C26H32N2O5P2S. The van der Waals surface area contributed by atoms with E-state index in [0.29, 0.717) is 16.4 Å². The molecule has 3 atom stereocenters. The molecule has 1 aliphatic rings. The van der Waals surface area contributed by atoms with Crippen molar-refractivity contribution in [2.24, 2.45) is 0 Å². The molecule has 1 N–H and O–H groups in total. The van der Waals surface area contributed by atoms with Crippen LogP contribution in [-0.2, 0) is 13.6 Å². The van der Waals surface area contributed by atoms with Gasteiger partial charge in [-0.1, -0.05) is 39.1 Å². The van der Waals surface area contributed by atoms with Gasteiger partial charge in [-0.2, -0.15) is 0 Å². The molecule has 1 fully saturated rings. The summed E-state index contributed by atoms with van der Waals surface area (Å²) in [7, 11) is -0.122. The van der Waals surface area contributed by atoms with E-state index >= 15 is 0 Å². The van der Waals surface area contributed by atoms with Gasteiger partial charge in [-0.05, 0) is 60.4 Å². The van der Waals surface area contributed by atoms with Crippen molar-refractivity contribution in [3.63, 3.8) is 0 Å². The van der Waals surface area contributed by atoms with Crippen molar-refractivity contribution >= 4 is 43.9 Å². The van der Waals surface area contributed by atoms with Gasteiger partial charge in [0.25, 0.3) is 0 Å². The SMILES string of the molecule is COP(=O)(OC)C(Oc1ccc2ccc(C(=N)SC)cc2c1)c1ccc(OC2CCN(PC)C2)cc1. The highest BCUT2D eigenvalue weighted by Gasteiger charge is 2.38. The summed E-state index contributed by atoms with van der Waals surface area (Å²) in [6.45, 7) is 4.18. The van der Waals surface area contributed by atoms with Crippen LogP contribution in [0.25, 0.3) is 10.8 Å². The lowest BCUT2D eigenvalue weighted by atomic mass is 10.1. The van der Waals surface area contributed by atoms with E-state index in [0.717, 1.165) is 50.3 Å². The molecule has 0 spiro atoms. The van der Waals surface area contributed by atoms with Crippen molar-refractivity contribution in [2.75, 3.05) is 40.2 Å². The molecule has 7 nitrogen and oxygen atoms in total. The Morgan fingerprint density at radius 3 is 2.39 bits per heavy atom. The molecule has 0 saturated carbocycles. The van der Waals surface area contributed by atoms with Gasteiger partial charge in [-0.3, -0.25) is 14.6 Å². The second kappa shape index (κ2) is 12.1. The third-order valence-electron chi connectivity index (χ3n) is 6.25. The number of thioether (sulfide) groups is 1. The van der Waals surface area contributed by atoms with Gasteiger partial charge < -0.3 is 18.5 Å². The quantitative estimate of drug-likeness (QED) is 0.171. The molecule has 0 radical (unpaired) electrons. The van der Waals surface area contributed by atoms with Crippen LogP contribution >= 0.6 is 28.1 Å². The van der Waals surface area contributed by atoms with Crippen LogP contribution in [0, 0.1) is 5.41 Å². The van der Waals surface area contributed by atoms with Gasteiger partial charge in [0.15, 0.2) is 0 Å². The number of hydrogen-bond acceptors (Lipinski definition) is 8. The van der Waals surface area contributed by atoms with Gasteiger partial charge >= 0.3 is 7.60 Å². The highest BCUT2D eigenvalue weighted by molar-refractivity contribution is 8.13. The fourth-order valence-electron chi connectivity index (χ4n) is 4.20. The van der Waals surface area contributed by atoms with Gasteiger partial charge in [0.2, 0.25) is 5.85 Å². The van der Waals surface area contributed by atoms with Crippen molar-refractivity contribution in [3.8, 4) is 11.5 Å². The zero-order valence-electron chi connectivity index (χ0n) is 20.9. The van der Waals surface area contributed by atoms with Crippen molar-refractivity contribution in [1.82, 2.24) is 4.67 Å². The Morgan fingerprint density at radius 1 is 1.06 bits per heavy atom. The van der Waals surface area contributed by atoms with E-state index < -0.39 is 13.4 Å². The number of fused-ring (bicyclic) bond motifs is 1. The average molecular weight is 547 g/mol. The largest absolute Gasteiger partial charge is 0.489 e. The maximum Gasteiger partial charge on any atom is 0.374 e. The molecule has 3 aromatic rings. The van der Waals surface area contributed by atoms with Crippen LogP contribution in [0.2, 0.25) is 0 Å². The Hall–Kier alpha value is -1.92. The van der Waals surface area contributed by atoms with Crippen LogP contribution in [0.15, 0.2) is 60.7 Å². The maximum absolute atomic E-state index is 13.5. The number of hydrogen-bond donors (Lipinski definition) is 1. The van der Waals surface area contributed by atoms with Gasteiger partial charge in [-0.25, -0.2) is 0 Å². The third kappa shape index (κ3) is 6.13. The molecule has 0 bridgehead atoms. The fraction of sp³-hybridized carbons (Fsp3) is 0.346. The Kier molecular flexibility index (Phi) is 9.10. The molecule has 192 valence electrons. The molecule has 0 amide bonds. The second-order valence-electron chi connectivity index (χ2n) is 8.40. The van der Waals surface area contributed by atoms with E-state index in [-0.39, 0.29) is 6.10 Å². The molecular weight excluding hydrogens is 514 g/mol. The molecule has 0 aromatic heterocycles. The Morgan fingerprint density at radius 2 is 1.75 bits per heavy atom. The van der Waals surface area contributed by atoms with Crippen LogP contribution in [-0.4, -0.2) is 56.0 Å². The molecule has 36 heavy (non-hydrogen) atoms. The smallest absolute Gasteiger partial charge is 0.374 e. The van der Waals surface area contributed by atoms with Gasteiger partial charge in [0.1, 0.15) is 17.6 Å². The second-order valence-corrected chi connectivity index (χ2v) is 12.6. The van der Waals surface area contributed by atoms with Crippen LogP contribution in [0.4, 0.5) is 0 Å². The predicted octanol–water partition coefficient (Wildman–Crippen LogP) is 6.77. The minimum atomic E-state index is -3.63. The van der Waals surface area contributed by atoms with Crippen molar-refractivity contribution in [1.29, 1.82) is 5.41 Å². The third-order valence-corrected chi connectivity index (χ3v) is 9.93. The monoisotopic (exact) mass is 546 g/mol. The Bertz CT molecular complexity index is 1250. The highest BCUT2D eigenvalue weighted by atomic mass is 32.2. The summed E-state index contributed by atoms with van der Waals surface area (Å²) >= 11 is 1.39. The van der Waals surface area contributed by atoms with Gasteiger partial charge in [-0.15, -0.1) is 11.8 Å². The van der Waals surface area contributed by atoms with Gasteiger partial charge in [0.05, 0.1) is 5.04 Å². The number of ether oxygens (including phenoxy) is 2. The fourth-order valence-corrected chi connectivity index (χ4v) is 6.62. The van der Waals surface area contributed by atoms with E-state index in [2.05, 4.69) is 11.3 Å². The first-order chi connectivity index (χ1) is 17.4. The summed E-state index contributed by atoms with van der Waals surface area (Å²) in [5.41, 5.74) is 1.50. The first-order valence-corrected chi connectivity index (χ1v) is 15.9. The predicted molar refractivity (Wildman–Crippen MR) is 151 cm³/mol. The van der Waals surface area contributed by atoms with E-state index in [1.165, 1.54) is 26.0 Å². The lowest BCUT2D eigenvalue weighted by Gasteiger charge is -2.26. The zero-order valence-corrected chi connectivity index (χ0v) is 23.6. The Balaban J connectivity index is 1.59. The Labute approximate surface area is 218 Å². The molecule has 0 aliphatic carbocycles. The van der Waals surface area contributed by atoms with Crippen molar-refractivity contribution < 1.29 is 23.1 Å². The topological polar surface area (TPSA) is 81.1 Å². The number of benzene rings is 3. The average Bonchev–Trinajstić information content (AvgIpc) is 3.38. The molecule has 1 aliphatic heterocycles. The molecule has 3 unspecified atom stereocenters. The number of nitrogens with one attached hydrogen (secondary N) is 1. The van der Waals surface area contributed by atoms with E-state index in [4.69, 9.17) is 23.9 Å². The number of nitrogens with zero attached hydrogens (tertiary/aromatic N) is 1. The minimum absolute atomic E-state index is 0.175. The van der Waals surface area contributed by atoms with Crippen LogP contribution in [0.5, 0.6) is 11.5 Å². The molecule has 4 rings (SSSR count). The van der Waals surface area contributed by atoms with Crippen molar-refractivity contribution in [3.05, 3.63) is 71.8 Å². The highest BCUT2D eigenvalue weighted by Crippen LogP contribution is 2.60. The van der Waals surface area contributed by atoms with Crippen LogP contribution in [0.1, 0.15) is 23.4 Å². The summed E-state index contributed by atoms with van der Waals surface area (Å²) in [6, 6.07) is 19.0. The van der Waals surface area contributed by atoms with Crippen LogP contribution < -0.4 is 9.47 Å². The summed E-state index contributed by atoms with van der Waals surface area (Å²) < 4.78 is 39.0. The lowest BCUT2D eigenvalue weighted by molar-refractivity contribution is 0.191. The maximum atomic E-state index is 13.5. The molecule has 1 heterocycles. The summed E-state index contributed by atoms with van der Waals surface area (Å²) in [6.07, 6.45) is 3.07. The number of rotatable bonds is 10.